The maximum atomic E-state index is 13.9. The number of phenols is 1. The number of likely N-dealkylation sites (tertiary alicyclic amines) is 1. The summed E-state index contributed by atoms with van der Waals surface area (Å²) < 4.78 is 48.2. The number of rotatable bonds is 2. The first-order valence-electron chi connectivity index (χ1n) is 12.6. The van der Waals surface area contributed by atoms with Gasteiger partial charge in [0.05, 0.1) is 22.1 Å². The first-order chi connectivity index (χ1) is 17.0. The van der Waals surface area contributed by atoms with E-state index >= 15 is 0 Å². The van der Waals surface area contributed by atoms with E-state index < -0.39 is 34.8 Å². The third-order valence-electron chi connectivity index (χ3n) is 9.80. The number of alkyl halides is 3. The largest absolute Gasteiger partial charge is 0.504 e. The highest BCUT2D eigenvalue weighted by molar-refractivity contribution is 5.86. The predicted molar refractivity (Wildman–Crippen MR) is 128 cm³/mol. The highest BCUT2D eigenvalue weighted by Crippen LogP contribution is 2.67. The zero-order valence-electron chi connectivity index (χ0n) is 20.2. The number of H-pyrrole nitrogens is 1. The molecule has 1 aromatic heterocycles. The molecule has 190 valence electrons. The van der Waals surface area contributed by atoms with Crippen LogP contribution in [0.4, 0.5) is 13.2 Å². The van der Waals surface area contributed by atoms with Gasteiger partial charge in [-0.15, -0.1) is 0 Å². The lowest BCUT2D eigenvalue weighted by atomic mass is 9.52. The normalized spacial score (nSPS) is 32.4. The third-order valence-corrected chi connectivity index (χ3v) is 9.80. The molecular formula is C28H29F3N2O3. The van der Waals surface area contributed by atoms with Crippen molar-refractivity contribution in [3.8, 4) is 11.5 Å². The molecule has 2 fully saturated rings. The summed E-state index contributed by atoms with van der Waals surface area (Å²) in [6, 6.07) is 10.8. The SMILES string of the molecule is Cc1ccc(O)c2c1[C@]13CCN(CC4(C(F)(F)F)CC4)[C@H](C)[C@]1(O)Cc1c([nH]c4ccccc14)[C@@H]3O2. The zero-order chi connectivity index (χ0) is 25.3. The topological polar surface area (TPSA) is 68.7 Å². The zero-order valence-corrected chi connectivity index (χ0v) is 20.2. The molecule has 1 saturated heterocycles. The first-order valence-corrected chi connectivity index (χ1v) is 12.6. The molecule has 0 unspecified atom stereocenters. The van der Waals surface area contributed by atoms with Crippen LogP contribution in [0.3, 0.4) is 0 Å². The summed E-state index contributed by atoms with van der Waals surface area (Å²) >= 11 is 0. The van der Waals surface area contributed by atoms with Crippen molar-refractivity contribution in [1.29, 1.82) is 0 Å². The van der Waals surface area contributed by atoms with Crippen molar-refractivity contribution in [2.24, 2.45) is 5.41 Å². The van der Waals surface area contributed by atoms with Crippen molar-refractivity contribution in [3.05, 3.63) is 58.8 Å². The molecule has 2 aliphatic heterocycles. The van der Waals surface area contributed by atoms with E-state index in [2.05, 4.69) is 4.98 Å². The van der Waals surface area contributed by atoms with Gasteiger partial charge in [0.15, 0.2) is 17.6 Å². The van der Waals surface area contributed by atoms with Crippen molar-refractivity contribution in [2.75, 3.05) is 13.1 Å². The Bertz CT molecular complexity index is 1410. The number of ether oxygens (including phenoxy) is 1. The van der Waals surface area contributed by atoms with E-state index in [9.17, 15) is 23.4 Å². The minimum absolute atomic E-state index is 0.0171. The second-order valence-corrected chi connectivity index (χ2v) is 11.4. The Morgan fingerprint density at radius 2 is 1.89 bits per heavy atom. The smallest absolute Gasteiger partial charge is 0.395 e. The first kappa shape index (κ1) is 22.5. The van der Waals surface area contributed by atoms with Gasteiger partial charge in [-0.3, -0.25) is 4.90 Å². The summed E-state index contributed by atoms with van der Waals surface area (Å²) in [5.41, 5.74) is 0.443. The van der Waals surface area contributed by atoms with Gasteiger partial charge < -0.3 is 19.9 Å². The van der Waals surface area contributed by atoms with Gasteiger partial charge in [-0.05, 0) is 62.9 Å². The Balaban J connectivity index is 1.43. The molecule has 3 aromatic rings. The molecule has 4 atom stereocenters. The number of aryl methyl sites for hydroxylation is 1. The lowest BCUT2D eigenvalue weighted by molar-refractivity contribution is -0.209. The number of hydrogen-bond donors (Lipinski definition) is 3. The number of piperidine rings is 1. The Hall–Kier alpha value is -2.71. The molecular weight excluding hydrogens is 469 g/mol. The van der Waals surface area contributed by atoms with Crippen LogP contribution >= 0.6 is 0 Å². The summed E-state index contributed by atoms with van der Waals surface area (Å²) in [4.78, 5) is 5.37. The van der Waals surface area contributed by atoms with Gasteiger partial charge in [0.25, 0.3) is 0 Å². The molecule has 3 heterocycles. The molecule has 0 bridgehead atoms. The number of hydrogen-bond acceptors (Lipinski definition) is 4. The summed E-state index contributed by atoms with van der Waals surface area (Å²) in [5.74, 6) is 0.392. The minimum atomic E-state index is -4.25. The fraction of sp³-hybridized carbons (Fsp3) is 0.500. The van der Waals surface area contributed by atoms with Gasteiger partial charge in [0.1, 0.15) is 0 Å². The number of nitrogens with one attached hydrogen (secondary N) is 1. The molecule has 0 amide bonds. The summed E-state index contributed by atoms with van der Waals surface area (Å²) in [6.45, 7) is 4.11. The number of nitrogens with zero attached hydrogens (tertiary/aromatic N) is 1. The van der Waals surface area contributed by atoms with Crippen molar-refractivity contribution in [2.45, 2.75) is 68.9 Å². The van der Waals surface area contributed by atoms with Crippen LogP contribution in [0, 0.1) is 12.3 Å². The Morgan fingerprint density at radius 3 is 2.61 bits per heavy atom. The summed E-state index contributed by atoms with van der Waals surface area (Å²) in [7, 11) is 0. The lowest BCUT2D eigenvalue weighted by Gasteiger charge is -2.60. The number of aromatic hydroxyl groups is 1. The Kier molecular flexibility index (Phi) is 4.23. The number of para-hydroxylation sites is 1. The van der Waals surface area contributed by atoms with Crippen LogP contribution in [0.5, 0.6) is 11.5 Å². The maximum absolute atomic E-state index is 13.9. The van der Waals surface area contributed by atoms with E-state index in [1.54, 1.807) is 6.07 Å². The highest BCUT2D eigenvalue weighted by Gasteiger charge is 2.71. The van der Waals surface area contributed by atoms with Crippen LogP contribution in [0.15, 0.2) is 36.4 Å². The average Bonchev–Trinajstić information content (AvgIpc) is 3.42. The standard InChI is InChI=1S/C28H29F3N2O3/c1-15-7-8-20(34)23-21(15)26-11-12-33(14-25(9-10-25)28(29,30)31)16(2)27(26,35)13-18-17-5-3-4-6-19(17)32-22(18)24(26)36-23/h3-8,16,24,32,34-35H,9-14H2,1-2H3/t16-,24+,26+,27-/m1/s1. The van der Waals surface area contributed by atoms with Gasteiger partial charge in [0, 0.05) is 35.5 Å². The number of aromatic amines is 1. The molecule has 2 aromatic carbocycles. The van der Waals surface area contributed by atoms with E-state index in [0.717, 1.165) is 33.3 Å². The Labute approximate surface area is 206 Å². The van der Waals surface area contributed by atoms with E-state index in [0.29, 0.717) is 18.7 Å². The second-order valence-electron chi connectivity index (χ2n) is 11.4. The molecule has 36 heavy (non-hydrogen) atoms. The summed E-state index contributed by atoms with van der Waals surface area (Å²) in [6.07, 6.45) is -3.84. The van der Waals surface area contributed by atoms with Crippen molar-refractivity contribution in [1.82, 2.24) is 9.88 Å². The van der Waals surface area contributed by atoms with E-state index in [-0.39, 0.29) is 31.6 Å². The van der Waals surface area contributed by atoms with E-state index in [1.807, 2.05) is 49.1 Å². The predicted octanol–water partition coefficient (Wildman–Crippen LogP) is 5.28. The fourth-order valence-electron chi connectivity index (χ4n) is 7.60. The molecule has 1 spiro atoms. The van der Waals surface area contributed by atoms with Crippen LogP contribution < -0.4 is 4.74 Å². The molecule has 4 aliphatic rings. The number of phenolic OH excluding ortho intramolecular Hbond substituents is 1. The summed E-state index contributed by atoms with van der Waals surface area (Å²) in [5, 5.41) is 24.6. The lowest BCUT2D eigenvalue weighted by Crippen LogP contribution is -2.72. The van der Waals surface area contributed by atoms with Gasteiger partial charge in [-0.25, -0.2) is 0 Å². The van der Waals surface area contributed by atoms with Crippen LogP contribution in [0.1, 0.15) is 54.7 Å². The number of halogens is 3. The fourth-order valence-corrected chi connectivity index (χ4v) is 7.60. The van der Waals surface area contributed by atoms with Crippen molar-refractivity contribution >= 4 is 10.9 Å². The molecule has 8 heteroatoms. The quantitative estimate of drug-likeness (QED) is 0.450. The second kappa shape index (κ2) is 6.78. The van der Waals surface area contributed by atoms with Crippen molar-refractivity contribution in [3.63, 3.8) is 0 Å². The maximum Gasteiger partial charge on any atom is 0.395 e. The minimum Gasteiger partial charge on any atom is -0.504 e. The van der Waals surface area contributed by atoms with Gasteiger partial charge in [0.2, 0.25) is 0 Å². The number of benzene rings is 2. The Morgan fingerprint density at radius 1 is 1.14 bits per heavy atom. The van der Waals surface area contributed by atoms with E-state index in [4.69, 9.17) is 4.74 Å². The third kappa shape index (κ3) is 2.54. The monoisotopic (exact) mass is 498 g/mol. The van der Waals surface area contributed by atoms with Gasteiger partial charge in [-0.1, -0.05) is 24.3 Å². The highest BCUT2D eigenvalue weighted by atomic mass is 19.4. The van der Waals surface area contributed by atoms with Crippen LogP contribution in [0.2, 0.25) is 0 Å². The van der Waals surface area contributed by atoms with Crippen LogP contribution in [0.25, 0.3) is 10.9 Å². The molecule has 3 N–H and O–H groups in total. The van der Waals surface area contributed by atoms with Gasteiger partial charge >= 0.3 is 6.18 Å². The molecule has 1 saturated carbocycles. The molecule has 7 rings (SSSR count). The van der Waals surface area contributed by atoms with Crippen molar-refractivity contribution < 1.29 is 28.1 Å². The number of aliphatic hydroxyl groups is 1. The van der Waals surface area contributed by atoms with Crippen LogP contribution in [-0.2, 0) is 11.8 Å². The van der Waals surface area contributed by atoms with Crippen LogP contribution in [-0.4, -0.2) is 51.0 Å². The number of aromatic nitrogens is 1. The molecule has 5 nitrogen and oxygen atoms in total. The molecule has 0 radical (unpaired) electrons. The van der Waals surface area contributed by atoms with E-state index in [1.165, 1.54) is 0 Å². The molecule has 2 aliphatic carbocycles. The van der Waals surface area contributed by atoms with Gasteiger partial charge in [-0.2, -0.15) is 13.2 Å². The average molecular weight is 499 g/mol. The number of fused-ring (bicyclic) bond motifs is 5.